The lowest BCUT2D eigenvalue weighted by molar-refractivity contribution is 0.282. The Bertz CT molecular complexity index is 555. The summed E-state index contributed by atoms with van der Waals surface area (Å²) < 4.78 is 5.40. The average Bonchev–Trinajstić information content (AvgIpc) is 2.53. The van der Waals surface area contributed by atoms with Crippen molar-refractivity contribution in [3.8, 4) is 5.75 Å². The highest BCUT2D eigenvalue weighted by molar-refractivity contribution is 7.98. The minimum absolute atomic E-state index is 0.0810. The van der Waals surface area contributed by atoms with Crippen LogP contribution in [-0.2, 0) is 13.2 Å². The molecule has 0 bridgehead atoms. The number of ether oxygens (including phenoxy) is 1. The number of hydrogen-bond donors (Lipinski definition) is 2. The first-order valence-electron chi connectivity index (χ1n) is 6.41. The second kappa shape index (κ2) is 7.22. The van der Waals surface area contributed by atoms with Gasteiger partial charge in [0.2, 0.25) is 0 Å². The number of aliphatic hydroxyl groups excluding tert-OH is 1. The van der Waals surface area contributed by atoms with Gasteiger partial charge in [-0.1, -0.05) is 24.3 Å². The number of anilines is 1. The lowest BCUT2D eigenvalue weighted by Crippen LogP contribution is -2.01. The van der Waals surface area contributed by atoms with Gasteiger partial charge in [-0.3, -0.25) is 0 Å². The molecule has 0 aromatic heterocycles. The van der Waals surface area contributed by atoms with Crippen LogP contribution in [-0.4, -0.2) is 18.5 Å². The predicted molar refractivity (Wildman–Crippen MR) is 84.5 cm³/mol. The molecule has 0 amide bonds. The van der Waals surface area contributed by atoms with Crippen molar-refractivity contribution in [1.82, 2.24) is 0 Å². The summed E-state index contributed by atoms with van der Waals surface area (Å²) in [6.45, 7) is 0.804. The number of aliphatic hydroxyl groups is 1. The van der Waals surface area contributed by atoms with E-state index < -0.39 is 0 Å². The summed E-state index contributed by atoms with van der Waals surface area (Å²) in [5.74, 6) is 0.851. The molecule has 2 aromatic rings. The van der Waals surface area contributed by atoms with Crippen LogP contribution in [0.3, 0.4) is 0 Å². The number of methoxy groups -OCH3 is 1. The van der Waals surface area contributed by atoms with Gasteiger partial charge < -0.3 is 15.2 Å². The van der Waals surface area contributed by atoms with Crippen molar-refractivity contribution in [3.63, 3.8) is 0 Å². The Morgan fingerprint density at radius 3 is 2.40 bits per heavy atom. The predicted octanol–water partition coefficient (Wildman–Crippen LogP) is 3.52. The molecule has 3 nitrogen and oxygen atoms in total. The van der Waals surface area contributed by atoms with E-state index >= 15 is 0 Å². The summed E-state index contributed by atoms with van der Waals surface area (Å²) in [4.78, 5) is 1.18. The van der Waals surface area contributed by atoms with Crippen LogP contribution >= 0.6 is 11.8 Å². The van der Waals surface area contributed by atoms with Gasteiger partial charge in [0.25, 0.3) is 0 Å². The van der Waals surface area contributed by atoms with Crippen LogP contribution in [0.15, 0.2) is 47.4 Å². The average molecular weight is 289 g/mol. The van der Waals surface area contributed by atoms with Gasteiger partial charge in [-0.25, -0.2) is 0 Å². The molecule has 0 fully saturated rings. The number of thioether (sulfide) groups is 1. The first kappa shape index (κ1) is 14.8. The van der Waals surface area contributed by atoms with E-state index in [4.69, 9.17) is 9.84 Å². The molecule has 0 atom stereocenters. The normalized spacial score (nSPS) is 10.3. The Morgan fingerprint density at radius 1 is 1.10 bits per heavy atom. The first-order valence-corrected chi connectivity index (χ1v) is 7.64. The zero-order valence-electron chi connectivity index (χ0n) is 11.7. The minimum atomic E-state index is 0.0810. The largest absolute Gasteiger partial charge is 0.495 e. The summed E-state index contributed by atoms with van der Waals surface area (Å²) >= 11 is 1.69. The fourth-order valence-electron chi connectivity index (χ4n) is 1.90. The molecule has 2 N–H and O–H groups in total. The van der Waals surface area contributed by atoms with Gasteiger partial charge in [-0.15, -0.1) is 11.8 Å². The number of benzene rings is 2. The molecule has 0 heterocycles. The zero-order valence-corrected chi connectivity index (χ0v) is 12.5. The fourth-order valence-corrected chi connectivity index (χ4v) is 2.33. The standard InChI is InChI=1S/C16H19NO2S/c1-19-16-9-14(20-2)7-8-15(16)17-10-12-3-5-13(11-18)6-4-12/h3-9,17-18H,10-11H2,1-2H3. The molecule has 0 saturated heterocycles. The SMILES string of the molecule is COc1cc(SC)ccc1NCc1ccc(CO)cc1. The third-order valence-corrected chi connectivity index (χ3v) is 3.82. The van der Waals surface area contributed by atoms with Crippen LogP contribution in [0.25, 0.3) is 0 Å². The van der Waals surface area contributed by atoms with Crippen molar-refractivity contribution in [3.05, 3.63) is 53.6 Å². The van der Waals surface area contributed by atoms with Gasteiger partial charge in [0.15, 0.2) is 0 Å². The minimum Gasteiger partial charge on any atom is -0.495 e. The Morgan fingerprint density at radius 2 is 1.80 bits per heavy atom. The topological polar surface area (TPSA) is 41.5 Å². The van der Waals surface area contributed by atoms with Crippen LogP contribution in [0.2, 0.25) is 0 Å². The summed E-state index contributed by atoms with van der Waals surface area (Å²) in [7, 11) is 1.68. The van der Waals surface area contributed by atoms with E-state index in [0.29, 0.717) is 0 Å². The van der Waals surface area contributed by atoms with Crippen LogP contribution in [0, 0.1) is 0 Å². The summed E-state index contributed by atoms with van der Waals surface area (Å²) in [5, 5.41) is 12.4. The molecule has 0 radical (unpaired) electrons. The lowest BCUT2D eigenvalue weighted by Gasteiger charge is -2.12. The number of hydrogen-bond acceptors (Lipinski definition) is 4. The third-order valence-electron chi connectivity index (χ3n) is 3.10. The Kier molecular flexibility index (Phi) is 5.32. The Hall–Kier alpha value is -1.65. The van der Waals surface area contributed by atoms with Crippen molar-refractivity contribution in [2.24, 2.45) is 0 Å². The highest BCUT2D eigenvalue weighted by Crippen LogP contribution is 2.29. The van der Waals surface area contributed by atoms with E-state index in [0.717, 1.165) is 29.1 Å². The second-order valence-corrected chi connectivity index (χ2v) is 5.27. The Balaban J connectivity index is 2.05. The molecular weight excluding hydrogens is 270 g/mol. The van der Waals surface area contributed by atoms with Crippen molar-refractivity contribution in [2.45, 2.75) is 18.0 Å². The molecule has 0 aliphatic rings. The maximum atomic E-state index is 9.02. The first-order chi connectivity index (χ1) is 9.76. The van der Waals surface area contributed by atoms with Crippen molar-refractivity contribution in [1.29, 1.82) is 0 Å². The Labute approximate surface area is 124 Å². The van der Waals surface area contributed by atoms with Crippen LogP contribution in [0.4, 0.5) is 5.69 Å². The molecule has 20 heavy (non-hydrogen) atoms. The van der Waals surface area contributed by atoms with Gasteiger partial charge >= 0.3 is 0 Å². The van der Waals surface area contributed by atoms with Crippen molar-refractivity contribution >= 4 is 17.4 Å². The van der Waals surface area contributed by atoms with E-state index in [1.54, 1.807) is 18.9 Å². The van der Waals surface area contributed by atoms with Crippen LogP contribution in [0.1, 0.15) is 11.1 Å². The van der Waals surface area contributed by atoms with Gasteiger partial charge in [0.1, 0.15) is 5.75 Å². The summed E-state index contributed by atoms with van der Waals surface area (Å²) in [6.07, 6.45) is 2.05. The smallest absolute Gasteiger partial charge is 0.143 e. The molecule has 2 rings (SSSR count). The molecule has 0 spiro atoms. The number of nitrogens with one attached hydrogen (secondary N) is 1. The third kappa shape index (κ3) is 3.68. The number of rotatable bonds is 6. The molecule has 0 aliphatic heterocycles. The lowest BCUT2D eigenvalue weighted by atomic mass is 10.1. The molecule has 106 valence electrons. The highest BCUT2D eigenvalue weighted by Gasteiger charge is 2.04. The highest BCUT2D eigenvalue weighted by atomic mass is 32.2. The van der Waals surface area contributed by atoms with Gasteiger partial charge in [-0.05, 0) is 35.6 Å². The van der Waals surface area contributed by atoms with E-state index in [-0.39, 0.29) is 6.61 Å². The zero-order chi connectivity index (χ0) is 14.4. The maximum Gasteiger partial charge on any atom is 0.143 e. The fraction of sp³-hybridized carbons (Fsp3) is 0.250. The van der Waals surface area contributed by atoms with E-state index in [2.05, 4.69) is 11.4 Å². The molecule has 0 unspecified atom stereocenters. The van der Waals surface area contributed by atoms with Gasteiger partial charge in [-0.2, -0.15) is 0 Å². The monoisotopic (exact) mass is 289 g/mol. The van der Waals surface area contributed by atoms with Crippen LogP contribution < -0.4 is 10.1 Å². The molecule has 2 aromatic carbocycles. The van der Waals surface area contributed by atoms with Crippen molar-refractivity contribution in [2.75, 3.05) is 18.7 Å². The van der Waals surface area contributed by atoms with Crippen molar-refractivity contribution < 1.29 is 9.84 Å². The maximum absolute atomic E-state index is 9.02. The molecular formula is C16H19NO2S. The molecule has 0 aliphatic carbocycles. The van der Waals surface area contributed by atoms with Gasteiger partial charge in [0.05, 0.1) is 19.4 Å². The van der Waals surface area contributed by atoms with E-state index in [1.165, 1.54) is 4.90 Å². The molecule has 0 saturated carbocycles. The van der Waals surface area contributed by atoms with E-state index in [9.17, 15) is 0 Å². The van der Waals surface area contributed by atoms with E-state index in [1.807, 2.05) is 42.7 Å². The second-order valence-electron chi connectivity index (χ2n) is 4.39. The van der Waals surface area contributed by atoms with Crippen LogP contribution in [0.5, 0.6) is 5.75 Å². The quantitative estimate of drug-likeness (QED) is 0.798. The summed E-state index contributed by atoms with van der Waals surface area (Å²) in [6, 6.07) is 14.0. The van der Waals surface area contributed by atoms with Gasteiger partial charge in [0, 0.05) is 11.4 Å². The molecule has 4 heteroatoms. The summed E-state index contributed by atoms with van der Waals surface area (Å²) in [5.41, 5.74) is 3.07.